The zero-order valence-electron chi connectivity index (χ0n) is 8.56. The number of nitrogens with zero attached hydrogens (tertiary/aromatic N) is 1. The van der Waals surface area contributed by atoms with Crippen LogP contribution in [-0.2, 0) is 28.4 Å². The zero-order valence-corrected chi connectivity index (χ0v) is 10.2. The van der Waals surface area contributed by atoms with E-state index in [1.165, 1.54) is 0 Å². The first kappa shape index (κ1) is 11.0. The minimum absolute atomic E-state index is 0.0780. The highest BCUT2D eigenvalue weighted by Crippen LogP contribution is 2.26. The predicted molar refractivity (Wildman–Crippen MR) is 60.7 cm³/mol. The fourth-order valence-electron chi connectivity index (χ4n) is 1.64. The van der Waals surface area contributed by atoms with E-state index >= 15 is 0 Å². The molecule has 0 bridgehead atoms. The highest BCUT2D eigenvalue weighted by atomic mass is 32.2. The second kappa shape index (κ2) is 3.84. The van der Waals surface area contributed by atoms with Crippen LogP contribution in [0.25, 0.3) is 0 Å². The molecule has 0 spiro atoms. The maximum Gasteiger partial charge on any atom is 0.156 e. The number of rotatable bonds is 2. The Kier molecular flexibility index (Phi) is 2.83. The van der Waals surface area contributed by atoms with Crippen LogP contribution in [0.15, 0.2) is 0 Å². The standard InChI is InChI=1S/C9H14N2O2S2/c1-6(10)4-9-11-7-5-15(12,13)3-2-8(7)14-9/h6H,2-5,10H2,1H3. The van der Waals surface area contributed by atoms with E-state index in [2.05, 4.69) is 4.98 Å². The van der Waals surface area contributed by atoms with E-state index in [0.717, 1.165) is 22.0 Å². The van der Waals surface area contributed by atoms with Crippen molar-refractivity contribution in [2.45, 2.75) is 31.6 Å². The second-order valence-corrected chi connectivity index (χ2v) is 7.35. The minimum atomic E-state index is -2.90. The average Bonchev–Trinajstić information content (AvgIpc) is 2.42. The van der Waals surface area contributed by atoms with Gasteiger partial charge in [-0.2, -0.15) is 0 Å². The lowest BCUT2D eigenvalue weighted by Gasteiger charge is -2.09. The van der Waals surface area contributed by atoms with Crippen LogP contribution in [-0.4, -0.2) is 25.2 Å². The normalized spacial score (nSPS) is 20.9. The van der Waals surface area contributed by atoms with Crippen molar-refractivity contribution in [2.24, 2.45) is 5.73 Å². The molecule has 2 rings (SSSR count). The lowest BCUT2D eigenvalue weighted by Crippen LogP contribution is -2.18. The van der Waals surface area contributed by atoms with Gasteiger partial charge in [0.2, 0.25) is 0 Å². The van der Waals surface area contributed by atoms with Crippen LogP contribution in [0.3, 0.4) is 0 Å². The molecular formula is C9H14N2O2S2. The van der Waals surface area contributed by atoms with Gasteiger partial charge in [0, 0.05) is 17.3 Å². The van der Waals surface area contributed by atoms with Crippen LogP contribution >= 0.6 is 11.3 Å². The van der Waals surface area contributed by atoms with Gasteiger partial charge < -0.3 is 5.73 Å². The SMILES string of the molecule is CC(N)Cc1nc2c(s1)CCS(=O)(=O)C2. The lowest BCUT2D eigenvalue weighted by molar-refractivity contribution is 0.591. The van der Waals surface area contributed by atoms with E-state index < -0.39 is 9.84 Å². The van der Waals surface area contributed by atoms with Crippen molar-refractivity contribution < 1.29 is 8.42 Å². The van der Waals surface area contributed by atoms with E-state index in [1.54, 1.807) is 11.3 Å². The molecule has 1 aromatic rings. The molecule has 0 amide bonds. The van der Waals surface area contributed by atoms with Crippen LogP contribution in [0.1, 0.15) is 22.5 Å². The molecule has 1 atom stereocenters. The molecule has 1 aromatic heterocycles. The smallest absolute Gasteiger partial charge is 0.156 e. The molecule has 1 aliphatic heterocycles. The van der Waals surface area contributed by atoms with Crippen LogP contribution < -0.4 is 5.73 Å². The Labute approximate surface area is 93.4 Å². The molecule has 1 unspecified atom stereocenters. The monoisotopic (exact) mass is 246 g/mol. The first-order chi connectivity index (χ1) is 6.96. The van der Waals surface area contributed by atoms with Crippen LogP contribution in [0.4, 0.5) is 0 Å². The van der Waals surface area contributed by atoms with E-state index in [9.17, 15) is 8.42 Å². The van der Waals surface area contributed by atoms with Gasteiger partial charge in [0.25, 0.3) is 0 Å². The van der Waals surface area contributed by atoms with Gasteiger partial charge in [-0.15, -0.1) is 11.3 Å². The first-order valence-corrected chi connectivity index (χ1v) is 7.53. The minimum Gasteiger partial charge on any atom is -0.328 e. The third-order valence-electron chi connectivity index (χ3n) is 2.32. The predicted octanol–water partition coefficient (Wildman–Crippen LogP) is 0.504. The van der Waals surface area contributed by atoms with Gasteiger partial charge in [0.15, 0.2) is 9.84 Å². The van der Waals surface area contributed by atoms with Gasteiger partial charge >= 0.3 is 0 Å². The molecule has 1 aliphatic rings. The molecule has 15 heavy (non-hydrogen) atoms. The van der Waals surface area contributed by atoms with Gasteiger partial charge in [-0.25, -0.2) is 13.4 Å². The van der Waals surface area contributed by atoms with Crippen LogP contribution in [0.2, 0.25) is 0 Å². The average molecular weight is 246 g/mol. The number of hydrogen-bond donors (Lipinski definition) is 1. The number of sulfone groups is 1. The number of aryl methyl sites for hydroxylation is 1. The van der Waals surface area contributed by atoms with Gasteiger partial charge in [0.05, 0.1) is 22.2 Å². The first-order valence-electron chi connectivity index (χ1n) is 4.90. The topological polar surface area (TPSA) is 73.0 Å². The Morgan fingerprint density at radius 1 is 1.60 bits per heavy atom. The molecule has 2 heterocycles. The zero-order chi connectivity index (χ0) is 11.1. The highest BCUT2D eigenvalue weighted by Gasteiger charge is 2.25. The van der Waals surface area contributed by atoms with E-state index in [-0.39, 0.29) is 17.5 Å². The van der Waals surface area contributed by atoms with E-state index in [1.807, 2.05) is 6.92 Å². The van der Waals surface area contributed by atoms with Crippen LogP contribution in [0, 0.1) is 0 Å². The highest BCUT2D eigenvalue weighted by molar-refractivity contribution is 7.90. The fraction of sp³-hybridized carbons (Fsp3) is 0.667. The molecule has 6 heteroatoms. The summed E-state index contributed by atoms with van der Waals surface area (Å²) in [4.78, 5) is 5.47. The van der Waals surface area contributed by atoms with Crippen molar-refractivity contribution in [3.63, 3.8) is 0 Å². The largest absolute Gasteiger partial charge is 0.328 e. The molecule has 2 N–H and O–H groups in total. The Hall–Kier alpha value is -0.460. The molecule has 0 saturated heterocycles. The van der Waals surface area contributed by atoms with Gasteiger partial charge in [-0.1, -0.05) is 0 Å². The molecule has 0 aromatic carbocycles. The van der Waals surface area contributed by atoms with Gasteiger partial charge in [0.1, 0.15) is 0 Å². The Balaban J connectivity index is 2.25. The lowest BCUT2D eigenvalue weighted by atomic mass is 10.2. The van der Waals surface area contributed by atoms with E-state index in [0.29, 0.717) is 6.42 Å². The second-order valence-electron chi connectivity index (χ2n) is 4.00. The fourth-order valence-corrected chi connectivity index (χ4v) is 4.40. The summed E-state index contributed by atoms with van der Waals surface area (Å²) in [6.07, 6.45) is 1.35. The van der Waals surface area contributed by atoms with Gasteiger partial charge in [-0.3, -0.25) is 0 Å². The number of fused-ring (bicyclic) bond motifs is 1. The summed E-state index contributed by atoms with van der Waals surface area (Å²) < 4.78 is 22.8. The van der Waals surface area contributed by atoms with Crippen molar-refractivity contribution in [1.82, 2.24) is 4.98 Å². The Bertz CT molecular complexity index is 462. The molecular weight excluding hydrogens is 232 g/mol. The van der Waals surface area contributed by atoms with Gasteiger partial charge in [-0.05, 0) is 13.3 Å². The molecule has 0 radical (unpaired) electrons. The Morgan fingerprint density at radius 3 is 3.00 bits per heavy atom. The molecule has 0 saturated carbocycles. The number of thiazole rings is 1. The third kappa shape index (κ3) is 2.56. The summed E-state index contributed by atoms with van der Waals surface area (Å²) in [6.45, 7) is 1.93. The van der Waals surface area contributed by atoms with Crippen molar-refractivity contribution in [3.8, 4) is 0 Å². The molecule has 0 fully saturated rings. The maximum atomic E-state index is 11.4. The number of hydrogen-bond acceptors (Lipinski definition) is 5. The van der Waals surface area contributed by atoms with Crippen molar-refractivity contribution >= 4 is 21.2 Å². The van der Waals surface area contributed by atoms with Crippen molar-refractivity contribution in [3.05, 3.63) is 15.6 Å². The summed E-state index contributed by atoms with van der Waals surface area (Å²) in [5.74, 6) is 0.373. The molecule has 4 nitrogen and oxygen atoms in total. The summed E-state index contributed by atoms with van der Waals surface area (Å²) in [7, 11) is -2.90. The summed E-state index contributed by atoms with van der Waals surface area (Å²) >= 11 is 1.61. The number of nitrogens with two attached hydrogens (primary N) is 1. The maximum absolute atomic E-state index is 11.4. The third-order valence-corrected chi connectivity index (χ3v) is 5.04. The number of aromatic nitrogens is 1. The quantitative estimate of drug-likeness (QED) is 0.825. The van der Waals surface area contributed by atoms with Crippen LogP contribution in [0.5, 0.6) is 0 Å². The van der Waals surface area contributed by atoms with Crippen molar-refractivity contribution in [1.29, 1.82) is 0 Å². The van der Waals surface area contributed by atoms with E-state index in [4.69, 9.17) is 5.73 Å². The summed E-state index contributed by atoms with van der Waals surface area (Å²) in [5.41, 5.74) is 6.44. The Morgan fingerprint density at radius 2 is 2.33 bits per heavy atom. The summed E-state index contributed by atoms with van der Waals surface area (Å²) in [5, 5.41) is 0.965. The van der Waals surface area contributed by atoms with Crippen molar-refractivity contribution in [2.75, 3.05) is 5.75 Å². The summed E-state index contributed by atoms with van der Waals surface area (Å²) in [6, 6.07) is 0.0780. The molecule has 0 aliphatic carbocycles. The molecule has 84 valence electrons.